The van der Waals surface area contributed by atoms with Gasteiger partial charge in [0.15, 0.2) is 0 Å². The molecule has 2 amide bonds. The van der Waals surface area contributed by atoms with Crippen molar-refractivity contribution in [1.82, 2.24) is 10.3 Å². The maximum Gasteiger partial charge on any atom is 0.269 e. The number of aromatic nitrogens is 1. The molecule has 0 saturated carbocycles. The minimum atomic E-state index is -0.362. The summed E-state index contributed by atoms with van der Waals surface area (Å²) in [6, 6.07) is 18.4. The van der Waals surface area contributed by atoms with Crippen molar-refractivity contribution in [1.29, 1.82) is 0 Å². The van der Waals surface area contributed by atoms with Gasteiger partial charge in [-0.25, -0.2) is 4.39 Å². The number of benzene rings is 2. The van der Waals surface area contributed by atoms with Crippen molar-refractivity contribution in [2.75, 3.05) is 18.5 Å². The van der Waals surface area contributed by atoms with Crippen LogP contribution in [0.25, 0.3) is 0 Å². The standard InChI is InChI=1S/C22H20FN3O2/c1-26(19-5-3-2-4-6-19)22(28)17-12-14-24-20(15-17)21(27)25-13-11-16-7-9-18(23)10-8-16/h2-10,12,14-15H,11,13H2,1H3,(H,25,27). The number of halogens is 1. The highest BCUT2D eigenvalue weighted by molar-refractivity contribution is 6.06. The number of carbonyl (C=O) groups is 2. The molecule has 0 unspecified atom stereocenters. The molecule has 2 aromatic carbocycles. The van der Waals surface area contributed by atoms with Crippen LogP contribution in [0, 0.1) is 5.82 Å². The summed E-state index contributed by atoms with van der Waals surface area (Å²) < 4.78 is 12.9. The van der Waals surface area contributed by atoms with Crippen LogP contribution in [0.4, 0.5) is 10.1 Å². The Morgan fingerprint density at radius 2 is 1.75 bits per heavy atom. The normalized spacial score (nSPS) is 10.4. The summed E-state index contributed by atoms with van der Waals surface area (Å²) in [6.45, 7) is 0.383. The summed E-state index contributed by atoms with van der Waals surface area (Å²) in [5.41, 5.74) is 2.23. The molecule has 0 bridgehead atoms. The van der Waals surface area contributed by atoms with Crippen molar-refractivity contribution in [2.24, 2.45) is 0 Å². The highest BCUT2D eigenvalue weighted by Crippen LogP contribution is 2.15. The zero-order valence-corrected chi connectivity index (χ0v) is 15.4. The minimum absolute atomic E-state index is 0.173. The quantitative estimate of drug-likeness (QED) is 0.716. The molecule has 0 aliphatic carbocycles. The molecular formula is C22H20FN3O2. The number of nitrogens with one attached hydrogen (secondary N) is 1. The smallest absolute Gasteiger partial charge is 0.269 e. The zero-order valence-electron chi connectivity index (χ0n) is 15.4. The van der Waals surface area contributed by atoms with Gasteiger partial charge in [-0.1, -0.05) is 30.3 Å². The predicted octanol–water partition coefficient (Wildman–Crippen LogP) is 3.47. The lowest BCUT2D eigenvalue weighted by Gasteiger charge is -2.17. The highest BCUT2D eigenvalue weighted by atomic mass is 19.1. The van der Waals surface area contributed by atoms with E-state index in [2.05, 4.69) is 10.3 Å². The Morgan fingerprint density at radius 3 is 2.46 bits per heavy atom. The van der Waals surface area contributed by atoms with Crippen LogP contribution < -0.4 is 10.2 Å². The van der Waals surface area contributed by atoms with E-state index in [1.54, 1.807) is 25.2 Å². The van der Waals surface area contributed by atoms with Gasteiger partial charge in [-0.2, -0.15) is 0 Å². The first kappa shape index (κ1) is 19.2. The molecular weight excluding hydrogens is 357 g/mol. The van der Waals surface area contributed by atoms with Crippen molar-refractivity contribution < 1.29 is 14.0 Å². The fourth-order valence-electron chi connectivity index (χ4n) is 2.71. The molecule has 1 N–H and O–H groups in total. The molecule has 3 aromatic rings. The van der Waals surface area contributed by atoms with Crippen molar-refractivity contribution in [3.63, 3.8) is 0 Å². The second-order valence-corrected chi connectivity index (χ2v) is 6.26. The van der Waals surface area contributed by atoms with Crippen molar-refractivity contribution in [3.8, 4) is 0 Å². The lowest BCUT2D eigenvalue weighted by molar-refractivity contribution is 0.0949. The molecule has 0 aliphatic heterocycles. The van der Waals surface area contributed by atoms with Crippen LogP contribution in [0.15, 0.2) is 72.9 Å². The third-order valence-electron chi connectivity index (χ3n) is 4.30. The Bertz CT molecular complexity index is 959. The van der Waals surface area contributed by atoms with Crippen LogP contribution in [0.2, 0.25) is 0 Å². The maximum absolute atomic E-state index is 12.9. The number of hydrogen-bond donors (Lipinski definition) is 1. The molecule has 28 heavy (non-hydrogen) atoms. The average Bonchev–Trinajstić information content (AvgIpc) is 2.74. The topological polar surface area (TPSA) is 62.3 Å². The second kappa shape index (κ2) is 8.90. The Kier molecular flexibility index (Phi) is 6.11. The van der Waals surface area contributed by atoms with E-state index < -0.39 is 0 Å². The first-order valence-electron chi connectivity index (χ1n) is 8.86. The fourth-order valence-corrected chi connectivity index (χ4v) is 2.71. The summed E-state index contributed by atoms with van der Waals surface area (Å²) >= 11 is 0. The van der Waals surface area contributed by atoms with Crippen LogP contribution in [0.3, 0.4) is 0 Å². The summed E-state index contributed by atoms with van der Waals surface area (Å²) in [7, 11) is 1.68. The SMILES string of the molecule is CN(C(=O)c1ccnc(C(=O)NCCc2ccc(F)cc2)c1)c1ccccc1. The number of nitrogens with zero attached hydrogens (tertiary/aromatic N) is 2. The predicted molar refractivity (Wildman–Crippen MR) is 106 cm³/mol. The van der Waals surface area contributed by atoms with Crippen molar-refractivity contribution in [3.05, 3.63) is 95.6 Å². The third kappa shape index (κ3) is 4.79. The molecule has 1 aromatic heterocycles. The number of pyridine rings is 1. The Labute approximate surface area is 162 Å². The van der Waals surface area contributed by atoms with Gasteiger partial charge in [0.1, 0.15) is 11.5 Å². The number of hydrogen-bond acceptors (Lipinski definition) is 3. The van der Waals surface area contributed by atoms with Gasteiger partial charge in [0.05, 0.1) is 0 Å². The van der Waals surface area contributed by atoms with E-state index in [4.69, 9.17) is 0 Å². The van der Waals surface area contributed by atoms with Gasteiger partial charge < -0.3 is 10.2 Å². The van der Waals surface area contributed by atoms with Crippen molar-refractivity contribution in [2.45, 2.75) is 6.42 Å². The van der Waals surface area contributed by atoms with E-state index in [1.165, 1.54) is 29.3 Å². The van der Waals surface area contributed by atoms with Gasteiger partial charge in [-0.3, -0.25) is 14.6 Å². The zero-order chi connectivity index (χ0) is 19.9. The molecule has 0 spiro atoms. The maximum atomic E-state index is 12.9. The molecule has 0 fully saturated rings. The van der Waals surface area contributed by atoms with E-state index in [-0.39, 0.29) is 23.3 Å². The van der Waals surface area contributed by atoms with Gasteiger partial charge in [-0.05, 0) is 48.4 Å². The van der Waals surface area contributed by atoms with Crippen LogP contribution in [-0.2, 0) is 6.42 Å². The van der Waals surface area contributed by atoms with Gasteiger partial charge in [0.25, 0.3) is 11.8 Å². The number of anilines is 1. The molecule has 0 radical (unpaired) electrons. The number of amides is 2. The summed E-state index contributed by atoms with van der Waals surface area (Å²) in [5.74, 6) is -0.882. The monoisotopic (exact) mass is 377 g/mol. The summed E-state index contributed by atoms with van der Waals surface area (Å²) in [6.07, 6.45) is 2.02. The molecule has 6 heteroatoms. The largest absolute Gasteiger partial charge is 0.350 e. The van der Waals surface area contributed by atoms with E-state index in [9.17, 15) is 14.0 Å². The average molecular weight is 377 g/mol. The van der Waals surface area contributed by atoms with E-state index in [0.29, 0.717) is 18.5 Å². The van der Waals surface area contributed by atoms with E-state index in [1.807, 2.05) is 30.3 Å². The van der Waals surface area contributed by atoms with Crippen LogP contribution in [0.5, 0.6) is 0 Å². The second-order valence-electron chi connectivity index (χ2n) is 6.26. The van der Waals surface area contributed by atoms with Crippen LogP contribution in [0.1, 0.15) is 26.4 Å². The first-order valence-corrected chi connectivity index (χ1v) is 8.86. The fraction of sp³-hybridized carbons (Fsp3) is 0.136. The molecule has 3 rings (SSSR count). The summed E-state index contributed by atoms with van der Waals surface area (Å²) in [4.78, 5) is 30.6. The van der Waals surface area contributed by atoms with Crippen LogP contribution in [-0.4, -0.2) is 30.4 Å². The number of para-hydroxylation sites is 1. The Hall–Kier alpha value is -3.54. The number of rotatable bonds is 6. The van der Waals surface area contributed by atoms with Crippen molar-refractivity contribution >= 4 is 17.5 Å². The minimum Gasteiger partial charge on any atom is -0.350 e. The molecule has 5 nitrogen and oxygen atoms in total. The molecule has 0 aliphatic rings. The molecule has 0 saturated heterocycles. The highest BCUT2D eigenvalue weighted by Gasteiger charge is 2.16. The van der Waals surface area contributed by atoms with Gasteiger partial charge in [-0.15, -0.1) is 0 Å². The van der Waals surface area contributed by atoms with Gasteiger partial charge in [0.2, 0.25) is 0 Å². The van der Waals surface area contributed by atoms with Gasteiger partial charge in [0, 0.05) is 31.0 Å². The van der Waals surface area contributed by atoms with E-state index in [0.717, 1.165) is 11.3 Å². The molecule has 0 atom stereocenters. The van der Waals surface area contributed by atoms with E-state index >= 15 is 0 Å². The molecule has 142 valence electrons. The van der Waals surface area contributed by atoms with Crippen LogP contribution >= 0.6 is 0 Å². The summed E-state index contributed by atoms with van der Waals surface area (Å²) in [5, 5.41) is 2.77. The first-order chi connectivity index (χ1) is 13.5. The third-order valence-corrected chi connectivity index (χ3v) is 4.30. The Morgan fingerprint density at radius 1 is 1.04 bits per heavy atom. The molecule has 1 heterocycles. The van der Waals surface area contributed by atoms with Gasteiger partial charge >= 0.3 is 0 Å². The Balaban J connectivity index is 1.62. The lowest BCUT2D eigenvalue weighted by Crippen LogP contribution is -2.29. The number of carbonyl (C=O) groups excluding carboxylic acids is 2. The lowest BCUT2D eigenvalue weighted by atomic mass is 10.1.